The van der Waals surface area contributed by atoms with Gasteiger partial charge in [-0.05, 0) is 42.7 Å². The summed E-state index contributed by atoms with van der Waals surface area (Å²) in [6.45, 7) is 8.86. The summed E-state index contributed by atoms with van der Waals surface area (Å²) in [6.07, 6.45) is 4.00. The standard InChI is InChI=1S/C17H23NO2S/c1-13-12-14(5-7-16(19)20)4-6-15(13)18-9-8-17(2,3)21-11-10-18/h4-7,12H,8-11H2,1-3H3,(H,19,20)/b7-5+. The van der Waals surface area contributed by atoms with Crippen molar-refractivity contribution in [1.82, 2.24) is 0 Å². The minimum Gasteiger partial charge on any atom is -0.478 e. The van der Waals surface area contributed by atoms with E-state index >= 15 is 0 Å². The van der Waals surface area contributed by atoms with Crippen LogP contribution in [0.25, 0.3) is 6.08 Å². The molecule has 1 heterocycles. The van der Waals surface area contributed by atoms with Crippen molar-refractivity contribution in [3.8, 4) is 0 Å². The molecule has 3 nitrogen and oxygen atoms in total. The summed E-state index contributed by atoms with van der Waals surface area (Å²) in [7, 11) is 0. The Bertz CT molecular complexity index is 552. The molecule has 1 aliphatic heterocycles. The minimum absolute atomic E-state index is 0.354. The van der Waals surface area contributed by atoms with Gasteiger partial charge >= 0.3 is 5.97 Å². The maximum atomic E-state index is 10.6. The van der Waals surface area contributed by atoms with Crippen LogP contribution in [-0.4, -0.2) is 34.7 Å². The van der Waals surface area contributed by atoms with Crippen molar-refractivity contribution in [3.05, 3.63) is 35.4 Å². The van der Waals surface area contributed by atoms with Gasteiger partial charge in [0, 0.05) is 35.4 Å². The molecule has 1 fully saturated rings. The number of carboxylic acids is 1. The zero-order valence-corrected chi connectivity index (χ0v) is 13.7. The van der Waals surface area contributed by atoms with Crippen LogP contribution in [0, 0.1) is 6.92 Å². The molecule has 1 aromatic rings. The number of benzene rings is 1. The Balaban J connectivity index is 2.15. The summed E-state index contributed by atoms with van der Waals surface area (Å²) >= 11 is 2.04. The third-order valence-electron chi connectivity index (χ3n) is 3.82. The fourth-order valence-corrected chi connectivity index (χ4v) is 3.67. The van der Waals surface area contributed by atoms with E-state index in [1.807, 2.05) is 17.8 Å². The molecule has 1 aromatic carbocycles. The van der Waals surface area contributed by atoms with Gasteiger partial charge in [-0.2, -0.15) is 11.8 Å². The maximum absolute atomic E-state index is 10.6. The van der Waals surface area contributed by atoms with Crippen LogP contribution < -0.4 is 4.90 Å². The van der Waals surface area contributed by atoms with Crippen LogP contribution in [0.15, 0.2) is 24.3 Å². The number of hydrogen-bond donors (Lipinski definition) is 1. The summed E-state index contributed by atoms with van der Waals surface area (Å²) < 4.78 is 0.354. The van der Waals surface area contributed by atoms with Crippen molar-refractivity contribution < 1.29 is 9.90 Å². The molecule has 114 valence electrons. The molecule has 0 bridgehead atoms. The molecule has 1 aliphatic rings. The highest BCUT2D eigenvalue weighted by atomic mass is 32.2. The second-order valence-electron chi connectivity index (χ2n) is 6.06. The number of aliphatic carboxylic acids is 1. The van der Waals surface area contributed by atoms with E-state index < -0.39 is 5.97 Å². The Labute approximate surface area is 131 Å². The zero-order valence-electron chi connectivity index (χ0n) is 12.9. The van der Waals surface area contributed by atoms with Crippen molar-refractivity contribution in [2.45, 2.75) is 31.9 Å². The van der Waals surface area contributed by atoms with Crippen LogP contribution in [0.5, 0.6) is 0 Å². The second kappa shape index (κ2) is 6.56. The summed E-state index contributed by atoms with van der Waals surface area (Å²) in [4.78, 5) is 13.0. The summed E-state index contributed by atoms with van der Waals surface area (Å²) in [6, 6.07) is 6.16. The molecule has 0 atom stereocenters. The van der Waals surface area contributed by atoms with Crippen molar-refractivity contribution in [3.63, 3.8) is 0 Å². The van der Waals surface area contributed by atoms with Crippen molar-refractivity contribution in [1.29, 1.82) is 0 Å². The predicted octanol–water partition coefficient (Wildman–Crippen LogP) is 3.81. The SMILES string of the molecule is Cc1cc(/C=C/C(=O)O)ccc1N1CCSC(C)(C)CC1. The second-order valence-corrected chi connectivity index (χ2v) is 7.86. The van der Waals surface area contributed by atoms with Crippen LogP contribution in [-0.2, 0) is 4.79 Å². The van der Waals surface area contributed by atoms with Gasteiger partial charge in [0.1, 0.15) is 0 Å². The van der Waals surface area contributed by atoms with Gasteiger partial charge in [-0.15, -0.1) is 0 Å². The van der Waals surface area contributed by atoms with Gasteiger partial charge in [0.2, 0.25) is 0 Å². The Kier molecular flexibility index (Phi) is 4.99. The van der Waals surface area contributed by atoms with Gasteiger partial charge in [0.05, 0.1) is 0 Å². The van der Waals surface area contributed by atoms with Crippen molar-refractivity contribution >= 4 is 29.5 Å². The Morgan fingerprint density at radius 2 is 2.14 bits per heavy atom. The van der Waals surface area contributed by atoms with Crippen molar-refractivity contribution in [2.75, 3.05) is 23.7 Å². The van der Waals surface area contributed by atoms with Gasteiger partial charge in [-0.1, -0.05) is 19.9 Å². The van der Waals surface area contributed by atoms with E-state index in [1.54, 1.807) is 6.08 Å². The Morgan fingerprint density at radius 1 is 1.38 bits per heavy atom. The van der Waals surface area contributed by atoms with Gasteiger partial charge < -0.3 is 10.0 Å². The molecule has 0 spiro atoms. The van der Waals surface area contributed by atoms with E-state index in [2.05, 4.69) is 37.8 Å². The molecular formula is C17H23NO2S. The van der Waals surface area contributed by atoms with Gasteiger partial charge in [0.15, 0.2) is 0 Å². The topological polar surface area (TPSA) is 40.5 Å². The molecule has 4 heteroatoms. The smallest absolute Gasteiger partial charge is 0.328 e. The lowest BCUT2D eigenvalue weighted by Crippen LogP contribution is -2.27. The van der Waals surface area contributed by atoms with Gasteiger partial charge in [0.25, 0.3) is 0 Å². The normalized spacial score (nSPS) is 18.7. The molecule has 21 heavy (non-hydrogen) atoms. The Hall–Kier alpha value is -1.42. The Morgan fingerprint density at radius 3 is 2.81 bits per heavy atom. The number of hydrogen-bond acceptors (Lipinski definition) is 3. The van der Waals surface area contributed by atoms with Crippen molar-refractivity contribution in [2.24, 2.45) is 0 Å². The number of rotatable bonds is 3. The van der Waals surface area contributed by atoms with E-state index in [0.29, 0.717) is 4.75 Å². The monoisotopic (exact) mass is 305 g/mol. The number of nitrogens with zero attached hydrogens (tertiary/aromatic N) is 1. The fraction of sp³-hybridized carbons (Fsp3) is 0.471. The molecule has 2 rings (SSSR count). The lowest BCUT2D eigenvalue weighted by Gasteiger charge is -2.26. The first kappa shape index (κ1) is 16.0. The van der Waals surface area contributed by atoms with E-state index in [0.717, 1.165) is 24.4 Å². The average Bonchev–Trinajstić information content (AvgIpc) is 2.58. The van der Waals surface area contributed by atoms with E-state index in [-0.39, 0.29) is 0 Å². The number of carbonyl (C=O) groups is 1. The van der Waals surface area contributed by atoms with Gasteiger partial charge in [-0.25, -0.2) is 4.79 Å². The zero-order chi connectivity index (χ0) is 15.5. The van der Waals surface area contributed by atoms with Gasteiger partial charge in [-0.3, -0.25) is 0 Å². The van der Waals surface area contributed by atoms with Crippen LogP contribution in [0.3, 0.4) is 0 Å². The number of aryl methyl sites for hydroxylation is 1. The minimum atomic E-state index is -0.913. The molecule has 0 radical (unpaired) electrons. The summed E-state index contributed by atoms with van der Waals surface area (Å²) in [5.41, 5.74) is 3.40. The first-order valence-electron chi connectivity index (χ1n) is 7.28. The molecule has 0 saturated carbocycles. The first-order valence-corrected chi connectivity index (χ1v) is 8.26. The number of thioether (sulfide) groups is 1. The molecule has 0 unspecified atom stereocenters. The molecule has 0 aliphatic carbocycles. The van der Waals surface area contributed by atoms with E-state index in [9.17, 15) is 4.79 Å². The van der Waals surface area contributed by atoms with Crippen LogP contribution in [0.2, 0.25) is 0 Å². The van der Waals surface area contributed by atoms with Crippen LogP contribution in [0.1, 0.15) is 31.4 Å². The lowest BCUT2D eigenvalue weighted by molar-refractivity contribution is -0.131. The number of anilines is 1. The third-order valence-corrected chi connectivity index (χ3v) is 5.19. The van der Waals surface area contributed by atoms with Crippen LogP contribution >= 0.6 is 11.8 Å². The quantitative estimate of drug-likeness (QED) is 0.862. The number of carboxylic acid groups (broad SMARTS) is 1. The highest BCUT2D eigenvalue weighted by Crippen LogP contribution is 2.33. The largest absolute Gasteiger partial charge is 0.478 e. The first-order chi connectivity index (χ1) is 9.87. The fourth-order valence-electron chi connectivity index (χ4n) is 2.57. The lowest BCUT2D eigenvalue weighted by atomic mass is 10.1. The molecule has 1 saturated heterocycles. The summed E-state index contributed by atoms with van der Waals surface area (Å²) in [5.74, 6) is 0.233. The highest BCUT2D eigenvalue weighted by molar-refractivity contribution is 8.00. The maximum Gasteiger partial charge on any atom is 0.328 e. The molecule has 0 aromatic heterocycles. The van der Waals surface area contributed by atoms with E-state index in [1.165, 1.54) is 23.7 Å². The highest BCUT2D eigenvalue weighted by Gasteiger charge is 2.24. The molecule has 1 N–H and O–H groups in total. The third kappa shape index (κ3) is 4.53. The average molecular weight is 305 g/mol. The molecular weight excluding hydrogens is 282 g/mol. The van der Waals surface area contributed by atoms with Crippen LogP contribution in [0.4, 0.5) is 5.69 Å². The predicted molar refractivity (Wildman–Crippen MR) is 91.2 cm³/mol. The summed E-state index contributed by atoms with van der Waals surface area (Å²) in [5, 5.41) is 8.69. The van der Waals surface area contributed by atoms with E-state index in [4.69, 9.17) is 5.11 Å². The molecule has 0 amide bonds.